The van der Waals surface area contributed by atoms with Crippen LogP contribution < -0.4 is 4.74 Å². The van der Waals surface area contributed by atoms with Gasteiger partial charge < -0.3 is 9.30 Å². The first kappa shape index (κ1) is 22.4. The van der Waals surface area contributed by atoms with Crippen molar-refractivity contribution in [1.82, 2.24) is 4.57 Å². The minimum Gasteiger partial charge on any atom is -0.456 e. The molecule has 0 bridgehead atoms. The van der Waals surface area contributed by atoms with Gasteiger partial charge in [0.05, 0.1) is 5.52 Å². The van der Waals surface area contributed by atoms with E-state index in [1.54, 1.807) is 0 Å². The van der Waals surface area contributed by atoms with Gasteiger partial charge >= 0.3 is 0 Å². The van der Waals surface area contributed by atoms with Crippen LogP contribution in [0.25, 0.3) is 46.1 Å². The van der Waals surface area contributed by atoms with Crippen molar-refractivity contribution >= 4 is 46.1 Å². The average molecular weight is 470 g/mol. The SMILES string of the molecule is CCC(C)c1cc2c(cc1/C=C\c1ccccc1C)c1cc3c(cc1n2C)Oc1ccccc1C=C3. The molecule has 0 saturated heterocycles. The Morgan fingerprint density at radius 1 is 0.778 bits per heavy atom. The molecule has 0 fully saturated rings. The molecule has 178 valence electrons. The maximum absolute atomic E-state index is 6.38. The van der Waals surface area contributed by atoms with E-state index in [0.717, 1.165) is 29.0 Å². The Labute approximate surface area is 213 Å². The molecule has 5 aromatic rings. The van der Waals surface area contributed by atoms with Gasteiger partial charge in [-0.05, 0) is 65.8 Å². The lowest BCUT2D eigenvalue weighted by molar-refractivity contribution is 0.482. The molecule has 1 aliphatic rings. The third kappa shape index (κ3) is 3.74. The molecule has 0 amide bonds. The minimum absolute atomic E-state index is 0.475. The highest BCUT2D eigenvalue weighted by atomic mass is 16.5. The number of nitrogens with zero attached hydrogens (tertiary/aromatic N) is 1. The molecule has 0 spiro atoms. The fourth-order valence-corrected chi connectivity index (χ4v) is 5.30. The Hall–Kier alpha value is -4.04. The van der Waals surface area contributed by atoms with Gasteiger partial charge in [0, 0.05) is 40.5 Å². The van der Waals surface area contributed by atoms with Crippen molar-refractivity contribution in [2.45, 2.75) is 33.1 Å². The number of aryl methyl sites for hydroxylation is 2. The van der Waals surface area contributed by atoms with E-state index >= 15 is 0 Å². The molecule has 1 aliphatic heterocycles. The Morgan fingerprint density at radius 2 is 1.47 bits per heavy atom. The van der Waals surface area contributed by atoms with Crippen LogP contribution in [0.1, 0.15) is 59.6 Å². The third-order valence-corrected chi connectivity index (χ3v) is 7.70. The van der Waals surface area contributed by atoms with Gasteiger partial charge in [0.15, 0.2) is 0 Å². The van der Waals surface area contributed by atoms with E-state index < -0.39 is 0 Å². The van der Waals surface area contributed by atoms with Gasteiger partial charge in [-0.3, -0.25) is 0 Å². The van der Waals surface area contributed by atoms with E-state index in [0.29, 0.717) is 5.92 Å². The van der Waals surface area contributed by atoms with Crippen LogP contribution in [-0.4, -0.2) is 4.57 Å². The van der Waals surface area contributed by atoms with Crippen molar-refractivity contribution in [3.8, 4) is 11.5 Å². The standard InChI is InChI=1S/C34H31NO/c1-5-22(2)28-20-31-29(18-26(28)16-14-24-11-7-6-10-23(24)3)30-19-27-17-15-25-12-8-9-13-33(25)36-34(27)21-32(30)35(31)4/h6-22H,5H2,1-4H3/b16-14-. The maximum atomic E-state index is 6.38. The molecule has 0 saturated carbocycles. The lowest BCUT2D eigenvalue weighted by Gasteiger charge is -2.14. The van der Waals surface area contributed by atoms with Gasteiger partial charge in [0.25, 0.3) is 0 Å². The van der Waals surface area contributed by atoms with Gasteiger partial charge in [0.2, 0.25) is 0 Å². The molecular weight excluding hydrogens is 438 g/mol. The van der Waals surface area contributed by atoms with Crippen molar-refractivity contribution in [1.29, 1.82) is 0 Å². The van der Waals surface area contributed by atoms with Crippen LogP contribution in [0.15, 0.2) is 72.8 Å². The Balaban J connectivity index is 1.55. The smallest absolute Gasteiger partial charge is 0.136 e. The summed E-state index contributed by atoms with van der Waals surface area (Å²) in [5, 5.41) is 2.54. The van der Waals surface area contributed by atoms with Gasteiger partial charge in [-0.25, -0.2) is 0 Å². The summed E-state index contributed by atoms with van der Waals surface area (Å²) in [7, 11) is 2.17. The number of aromatic nitrogens is 1. The lowest BCUT2D eigenvalue weighted by atomic mass is 9.91. The topological polar surface area (TPSA) is 14.2 Å². The molecular formula is C34H31NO. The minimum atomic E-state index is 0.475. The molecule has 0 aliphatic carbocycles. The Morgan fingerprint density at radius 3 is 2.31 bits per heavy atom. The van der Waals surface area contributed by atoms with Gasteiger partial charge in [0.1, 0.15) is 11.5 Å². The summed E-state index contributed by atoms with van der Waals surface area (Å²) in [6.45, 7) is 6.76. The highest BCUT2D eigenvalue weighted by Crippen LogP contribution is 2.40. The predicted molar refractivity (Wildman–Crippen MR) is 155 cm³/mol. The quantitative estimate of drug-likeness (QED) is 0.234. The monoisotopic (exact) mass is 469 g/mol. The number of rotatable bonds is 4. The molecule has 4 aromatic carbocycles. The normalized spacial score (nSPS) is 13.6. The number of ether oxygens (including phenoxy) is 1. The van der Waals surface area contributed by atoms with Crippen molar-refractivity contribution in [3.63, 3.8) is 0 Å². The number of hydrogen-bond acceptors (Lipinski definition) is 1. The summed E-state index contributed by atoms with van der Waals surface area (Å²) in [5.74, 6) is 2.27. The zero-order chi connectivity index (χ0) is 24.8. The number of para-hydroxylation sites is 1. The van der Waals surface area contributed by atoms with E-state index in [1.807, 2.05) is 18.2 Å². The largest absolute Gasteiger partial charge is 0.456 e. The fourth-order valence-electron chi connectivity index (χ4n) is 5.30. The summed E-state index contributed by atoms with van der Waals surface area (Å²) in [4.78, 5) is 0. The number of hydrogen-bond donors (Lipinski definition) is 0. The van der Waals surface area contributed by atoms with Crippen LogP contribution in [0, 0.1) is 6.92 Å². The number of fused-ring (bicyclic) bond motifs is 5. The predicted octanol–water partition coefficient (Wildman–Crippen LogP) is 9.60. The van der Waals surface area contributed by atoms with Crippen molar-refractivity contribution in [2.24, 2.45) is 7.05 Å². The first-order chi connectivity index (χ1) is 17.5. The van der Waals surface area contributed by atoms with Crippen LogP contribution in [0.2, 0.25) is 0 Å². The van der Waals surface area contributed by atoms with Gasteiger partial charge in [-0.2, -0.15) is 0 Å². The molecule has 36 heavy (non-hydrogen) atoms. The van der Waals surface area contributed by atoms with Crippen LogP contribution >= 0.6 is 0 Å². The van der Waals surface area contributed by atoms with Crippen molar-refractivity contribution in [3.05, 3.63) is 106 Å². The number of benzene rings is 4. The zero-order valence-electron chi connectivity index (χ0n) is 21.4. The van der Waals surface area contributed by atoms with Gasteiger partial charge in [-0.15, -0.1) is 0 Å². The first-order valence-electron chi connectivity index (χ1n) is 12.8. The van der Waals surface area contributed by atoms with Crippen LogP contribution in [-0.2, 0) is 7.05 Å². The molecule has 6 rings (SSSR count). The summed E-state index contributed by atoms with van der Waals surface area (Å²) in [6, 6.07) is 26.0. The second kappa shape index (κ2) is 8.87. The van der Waals surface area contributed by atoms with Crippen molar-refractivity contribution < 1.29 is 4.74 Å². The highest BCUT2D eigenvalue weighted by Gasteiger charge is 2.18. The lowest BCUT2D eigenvalue weighted by Crippen LogP contribution is -1.97. The van der Waals surface area contributed by atoms with E-state index in [1.165, 1.54) is 44.1 Å². The molecule has 1 aromatic heterocycles. The molecule has 1 atom stereocenters. The first-order valence-corrected chi connectivity index (χ1v) is 12.8. The van der Waals surface area contributed by atoms with Crippen molar-refractivity contribution in [2.75, 3.05) is 0 Å². The molecule has 1 unspecified atom stereocenters. The zero-order valence-corrected chi connectivity index (χ0v) is 21.4. The third-order valence-electron chi connectivity index (χ3n) is 7.70. The highest BCUT2D eigenvalue weighted by molar-refractivity contribution is 6.10. The summed E-state index contributed by atoms with van der Waals surface area (Å²) < 4.78 is 8.69. The van der Waals surface area contributed by atoms with E-state index in [-0.39, 0.29) is 0 Å². The second-order valence-corrected chi connectivity index (χ2v) is 9.94. The molecule has 2 heteroatoms. The molecule has 2 heterocycles. The second-order valence-electron chi connectivity index (χ2n) is 9.94. The molecule has 0 radical (unpaired) electrons. The van der Waals surface area contributed by atoms with E-state index in [4.69, 9.17) is 4.74 Å². The summed E-state index contributed by atoms with van der Waals surface area (Å²) in [5.41, 5.74) is 9.90. The van der Waals surface area contributed by atoms with Gasteiger partial charge in [-0.1, -0.05) is 80.6 Å². The van der Waals surface area contributed by atoms with Crippen LogP contribution in [0.3, 0.4) is 0 Å². The maximum Gasteiger partial charge on any atom is 0.136 e. The Bertz CT molecular complexity index is 1680. The Kier molecular flexibility index (Phi) is 5.53. The summed E-state index contributed by atoms with van der Waals surface area (Å²) >= 11 is 0. The van der Waals surface area contributed by atoms with Crippen LogP contribution in [0.5, 0.6) is 11.5 Å². The fraction of sp³-hybridized carbons (Fsp3) is 0.176. The van der Waals surface area contributed by atoms with E-state index in [2.05, 4.69) is 111 Å². The van der Waals surface area contributed by atoms with E-state index in [9.17, 15) is 0 Å². The average Bonchev–Trinajstić information content (AvgIpc) is 3.04. The molecule has 0 N–H and O–H groups in total. The summed E-state index contributed by atoms with van der Waals surface area (Å²) in [6.07, 6.45) is 9.98. The van der Waals surface area contributed by atoms with Crippen LogP contribution in [0.4, 0.5) is 0 Å². The molecule has 2 nitrogen and oxygen atoms in total.